The minimum absolute atomic E-state index is 0.00766. The van der Waals surface area contributed by atoms with Gasteiger partial charge in [0, 0.05) is 36.4 Å². The summed E-state index contributed by atoms with van der Waals surface area (Å²) in [5, 5.41) is 27.1. The van der Waals surface area contributed by atoms with E-state index in [1.807, 2.05) is 0 Å². The van der Waals surface area contributed by atoms with Gasteiger partial charge in [-0.05, 0) is 39.8 Å². The Labute approximate surface area is 230 Å². The van der Waals surface area contributed by atoms with Gasteiger partial charge in [0.1, 0.15) is 45.5 Å². The van der Waals surface area contributed by atoms with E-state index in [0.29, 0.717) is 17.2 Å². The smallest absolute Gasteiger partial charge is 0.226 e. The first-order valence-corrected chi connectivity index (χ1v) is 12.4. The van der Waals surface area contributed by atoms with Crippen LogP contribution in [-0.2, 0) is 19.8 Å². The molecule has 11 nitrogen and oxygen atoms in total. The third-order valence-corrected chi connectivity index (χ3v) is 7.18. The van der Waals surface area contributed by atoms with Gasteiger partial charge in [-0.15, -0.1) is 0 Å². The summed E-state index contributed by atoms with van der Waals surface area (Å²) in [4.78, 5) is 51.7. The van der Waals surface area contributed by atoms with Crippen LogP contribution in [0.25, 0.3) is 0 Å². The Kier molecular flexibility index (Phi) is 7.34. The molecule has 0 spiro atoms. The van der Waals surface area contributed by atoms with Gasteiger partial charge in [0.05, 0.1) is 31.0 Å². The zero-order chi connectivity index (χ0) is 29.5. The number of phenols is 2. The predicted octanol–water partition coefficient (Wildman–Crippen LogP) is 3.20. The van der Waals surface area contributed by atoms with Crippen molar-refractivity contribution in [2.24, 2.45) is 0 Å². The van der Waals surface area contributed by atoms with Crippen LogP contribution in [-0.4, -0.2) is 54.2 Å². The molecule has 2 aromatic carbocycles. The molecular formula is C29H30N2O9. The highest BCUT2D eigenvalue weighted by atomic mass is 16.5. The molecule has 0 bridgehead atoms. The predicted molar refractivity (Wildman–Crippen MR) is 144 cm³/mol. The molecule has 0 saturated carbocycles. The van der Waals surface area contributed by atoms with Crippen LogP contribution in [0.4, 0.5) is 5.69 Å². The third kappa shape index (κ3) is 4.42. The lowest BCUT2D eigenvalue weighted by Gasteiger charge is -2.29. The molecule has 2 aromatic rings. The maximum atomic E-state index is 13.8. The number of Topliss-reactive ketones (excluding diaryl/α,β-unsaturated/α-hetero) is 2. The van der Waals surface area contributed by atoms with Gasteiger partial charge in [-0.25, -0.2) is 0 Å². The molecule has 1 heterocycles. The van der Waals surface area contributed by atoms with Gasteiger partial charge in [0.15, 0.2) is 17.3 Å². The van der Waals surface area contributed by atoms with Crippen molar-refractivity contribution in [3.8, 4) is 28.7 Å². The van der Waals surface area contributed by atoms with Crippen molar-refractivity contribution in [2.45, 2.75) is 39.5 Å². The number of anilines is 1. The molecule has 0 unspecified atom stereocenters. The molecule has 0 radical (unpaired) electrons. The summed E-state index contributed by atoms with van der Waals surface area (Å²) < 4.78 is 16.2. The first kappa shape index (κ1) is 28.2. The van der Waals surface area contributed by atoms with Crippen LogP contribution >= 0.6 is 0 Å². The summed E-state index contributed by atoms with van der Waals surface area (Å²) in [5.74, 6) is -2.21. The Morgan fingerprint density at radius 1 is 1.07 bits per heavy atom. The van der Waals surface area contributed by atoms with E-state index in [1.165, 1.54) is 41.9 Å². The Morgan fingerprint density at radius 2 is 1.77 bits per heavy atom. The van der Waals surface area contributed by atoms with Crippen molar-refractivity contribution in [3.05, 3.63) is 58.0 Å². The fraction of sp³-hybridized carbons (Fsp3) is 0.310. The molecule has 2 aliphatic rings. The number of aromatic hydroxyl groups is 2. The Morgan fingerprint density at radius 3 is 2.40 bits per heavy atom. The van der Waals surface area contributed by atoms with E-state index in [0.717, 1.165) is 6.08 Å². The monoisotopic (exact) mass is 550 g/mol. The molecule has 0 saturated heterocycles. The van der Waals surface area contributed by atoms with Crippen molar-refractivity contribution < 1.29 is 43.6 Å². The lowest BCUT2D eigenvalue weighted by molar-refractivity contribution is -0.123. The summed E-state index contributed by atoms with van der Waals surface area (Å²) in [6.45, 7) is 5.77. The lowest BCUT2D eigenvalue weighted by atomic mass is 9.70. The quantitative estimate of drug-likeness (QED) is 0.218. The van der Waals surface area contributed by atoms with Crippen LogP contribution in [0, 0.1) is 6.92 Å². The van der Waals surface area contributed by atoms with Gasteiger partial charge in [0.2, 0.25) is 5.91 Å². The summed E-state index contributed by atoms with van der Waals surface area (Å²) in [6.07, 6.45) is 1.15. The number of allylic oxidation sites excluding steroid dienone is 4. The molecule has 1 aliphatic heterocycles. The normalized spacial score (nSPS) is 18.7. The van der Waals surface area contributed by atoms with Gasteiger partial charge in [-0.2, -0.15) is 0 Å². The van der Waals surface area contributed by atoms with Gasteiger partial charge >= 0.3 is 0 Å². The number of amides is 1. The molecule has 0 aromatic heterocycles. The zero-order valence-electron chi connectivity index (χ0n) is 23.0. The van der Waals surface area contributed by atoms with Crippen LogP contribution in [0.15, 0.2) is 41.3 Å². The molecular weight excluding hydrogens is 520 g/mol. The van der Waals surface area contributed by atoms with Crippen LogP contribution in [0.5, 0.6) is 28.7 Å². The van der Waals surface area contributed by atoms with Crippen LogP contribution in [0.2, 0.25) is 0 Å². The van der Waals surface area contributed by atoms with Crippen molar-refractivity contribution in [3.63, 3.8) is 0 Å². The number of ether oxygens (including phenoxy) is 3. The van der Waals surface area contributed by atoms with Crippen LogP contribution in [0.1, 0.15) is 48.7 Å². The van der Waals surface area contributed by atoms with Gasteiger partial charge in [-0.3, -0.25) is 19.2 Å². The number of rotatable bonds is 8. The molecule has 11 heteroatoms. The summed E-state index contributed by atoms with van der Waals surface area (Å²) in [7, 11) is 2.99. The van der Waals surface area contributed by atoms with Crippen molar-refractivity contribution in [1.82, 2.24) is 5.32 Å². The number of nitrogens with one attached hydrogen (secondary N) is 2. The van der Waals surface area contributed by atoms with E-state index in [1.54, 1.807) is 18.2 Å². The first-order chi connectivity index (χ1) is 18.9. The summed E-state index contributed by atoms with van der Waals surface area (Å²) >= 11 is 0. The number of hydrogen-bond acceptors (Lipinski definition) is 10. The van der Waals surface area contributed by atoms with Crippen molar-refractivity contribution >= 4 is 28.9 Å². The number of fused-ring (bicyclic) bond motifs is 3. The van der Waals surface area contributed by atoms with E-state index < -0.39 is 34.3 Å². The summed E-state index contributed by atoms with van der Waals surface area (Å²) in [6, 6.07) is 4.96. The number of carbonyl (C=O) groups excluding carboxylic acids is 4. The largest absolute Gasteiger partial charge is 0.507 e. The standard InChI is InChI=1S/C29H30N2O9/c1-13-25(35)23(15(3)32)27-24(26(13)36)29(4)20(40-27)12-18(33)22(28(29)37)14(2)30-10-9-21(34)31-17-8-7-16(38-5)11-19(17)39-6/h7-8,11-12,30,35-36H,9-10H2,1-6H3,(H,31,34)/t29-/m0/s1. The SMILES string of the molecule is COc1ccc(NC(=O)CCNC(C)=C2C(=O)C=C3Oc4c(C(C)=O)c(O)c(C)c(O)c4[C@@]3(C)C2=O)c(OC)c1. The van der Waals surface area contributed by atoms with Crippen molar-refractivity contribution in [1.29, 1.82) is 0 Å². The zero-order valence-corrected chi connectivity index (χ0v) is 23.0. The van der Waals surface area contributed by atoms with E-state index in [4.69, 9.17) is 14.2 Å². The van der Waals surface area contributed by atoms with E-state index in [-0.39, 0.29) is 58.3 Å². The fourth-order valence-electron chi connectivity index (χ4n) is 4.93. The average molecular weight is 551 g/mol. The molecule has 4 N–H and O–H groups in total. The number of ketones is 3. The minimum Gasteiger partial charge on any atom is -0.507 e. The second-order valence-electron chi connectivity index (χ2n) is 9.68. The molecule has 1 amide bonds. The lowest BCUT2D eigenvalue weighted by Crippen LogP contribution is -2.41. The number of benzene rings is 2. The summed E-state index contributed by atoms with van der Waals surface area (Å²) in [5.41, 5.74) is -1.25. The molecule has 210 valence electrons. The van der Waals surface area contributed by atoms with E-state index >= 15 is 0 Å². The average Bonchev–Trinajstić information content (AvgIpc) is 3.20. The maximum absolute atomic E-state index is 13.8. The molecule has 1 aliphatic carbocycles. The number of phenolic OH excluding ortho intramolecular Hbond substituents is 2. The molecule has 4 rings (SSSR count). The number of methoxy groups -OCH3 is 2. The van der Waals surface area contributed by atoms with E-state index in [2.05, 4.69) is 10.6 Å². The second kappa shape index (κ2) is 10.4. The van der Waals surface area contributed by atoms with Crippen LogP contribution < -0.4 is 24.8 Å². The fourth-order valence-corrected chi connectivity index (χ4v) is 4.93. The highest BCUT2D eigenvalue weighted by molar-refractivity contribution is 6.31. The van der Waals surface area contributed by atoms with Gasteiger partial charge in [0.25, 0.3) is 0 Å². The molecule has 40 heavy (non-hydrogen) atoms. The minimum atomic E-state index is -1.61. The molecule has 1 atom stereocenters. The Balaban J connectivity index is 1.57. The van der Waals surface area contributed by atoms with E-state index in [9.17, 15) is 29.4 Å². The number of hydrogen-bond donors (Lipinski definition) is 4. The first-order valence-electron chi connectivity index (χ1n) is 12.4. The highest BCUT2D eigenvalue weighted by Crippen LogP contribution is 2.57. The van der Waals surface area contributed by atoms with Crippen molar-refractivity contribution in [2.75, 3.05) is 26.1 Å². The number of carbonyl (C=O) groups is 4. The second-order valence-corrected chi connectivity index (χ2v) is 9.68. The Hall–Kier alpha value is -4.80. The van der Waals surface area contributed by atoms with Crippen LogP contribution in [0.3, 0.4) is 0 Å². The van der Waals surface area contributed by atoms with Gasteiger partial charge < -0.3 is 35.1 Å². The Bertz CT molecular complexity index is 1540. The van der Waals surface area contributed by atoms with Gasteiger partial charge in [-0.1, -0.05) is 0 Å². The molecule has 0 fully saturated rings. The maximum Gasteiger partial charge on any atom is 0.226 e. The topological polar surface area (TPSA) is 160 Å². The third-order valence-electron chi connectivity index (χ3n) is 7.18. The highest BCUT2D eigenvalue weighted by Gasteiger charge is 2.56.